The molecule has 2 N–H and O–H groups in total. The first-order valence-electron chi connectivity index (χ1n) is 8.07. The number of morpholine rings is 1. The Balaban J connectivity index is 1.64. The van der Waals surface area contributed by atoms with Crippen molar-refractivity contribution in [1.82, 2.24) is 14.9 Å². The summed E-state index contributed by atoms with van der Waals surface area (Å²) >= 11 is 7.01. The molecule has 1 aliphatic heterocycles. The van der Waals surface area contributed by atoms with Crippen LogP contribution >= 0.6 is 31.9 Å². The van der Waals surface area contributed by atoms with E-state index in [0.29, 0.717) is 0 Å². The van der Waals surface area contributed by atoms with E-state index >= 15 is 0 Å². The highest BCUT2D eigenvalue weighted by Crippen LogP contribution is 2.39. The quantitative estimate of drug-likeness (QED) is 0.604. The fraction of sp³-hybridized carbons (Fsp3) is 0.278. The average molecular weight is 467 g/mol. The van der Waals surface area contributed by atoms with E-state index in [1.54, 1.807) is 0 Å². The smallest absolute Gasteiger partial charge is 0.199 e. The molecule has 1 aliphatic rings. The van der Waals surface area contributed by atoms with E-state index < -0.39 is 0 Å². The van der Waals surface area contributed by atoms with Gasteiger partial charge in [-0.2, -0.15) is 0 Å². The summed E-state index contributed by atoms with van der Waals surface area (Å²) in [7, 11) is 0. The number of halogens is 2. The van der Waals surface area contributed by atoms with Gasteiger partial charge in [0.15, 0.2) is 5.88 Å². The Morgan fingerprint density at radius 3 is 2.64 bits per heavy atom. The van der Waals surface area contributed by atoms with Crippen molar-refractivity contribution in [2.75, 3.05) is 26.3 Å². The van der Waals surface area contributed by atoms with E-state index in [-0.39, 0.29) is 5.88 Å². The minimum Gasteiger partial charge on any atom is -0.494 e. The van der Waals surface area contributed by atoms with Gasteiger partial charge in [-0.3, -0.25) is 9.88 Å². The Labute approximate surface area is 162 Å². The van der Waals surface area contributed by atoms with Crippen LogP contribution in [0.4, 0.5) is 0 Å². The summed E-state index contributed by atoms with van der Waals surface area (Å²) in [6.07, 6.45) is 1.89. The molecule has 1 saturated heterocycles. The Bertz CT molecular complexity index is 903. The van der Waals surface area contributed by atoms with Crippen molar-refractivity contribution >= 4 is 42.8 Å². The largest absolute Gasteiger partial charge is 0.494 e. The van der Waals surface area contributed by atoms with E-state index in [1.165, 1.54) is 0 Å². The molecule has 5 nitrogen and oxygen atoms in total. The van der Waals surface area contributed by atoms with Crippen LogP contribution in [0, 0.1) is 0 Å². The number of fused-ring (bicyclic) bond motifs is 1. The first kappa shape index (κ1) is 17.0. The van der Waals surface area contributed by atoms with Crippen LogP contribution in [0.5, 0.6) is 5.88 Å². The Hall–Kier alpha value is -1.41. The van der Waals surface area contributed by atoms with Crippen molar-refractivity contribution in [3.8, 4) is 17.1 Å². The lowest BCUT2D eigenvalue weighted by atomic mass is 10.1. The molecule has 7 heteroatoms. The van der Waals surface area contributed by atoms with Crippen LogP contribution in [0.2, 0.25) is 0 Å². The number of nitrogens with one attached hydrogen (secondary N) is 1. The third-order valence-electron chi connectivity index (χ3n) is 4.41. The predicted octanol–water partition coefficient (Wildman–Crippen LogP) is 4.29. The van der Waals surface area contributed by atoms with Crippen molar-refractivity contribution in [3.05, 3.63) is 45.0 Å². The highest BCUT2D eigenvalue weighted by atomic mass is 79.9. The summed E-state index contributed by atoms with van der Waals surface area (Å²) in [6.45, 7) is 4.36. The molecular weight excluding hydrogens is 450 g/mol. The zero-order valence-corrected chi connectivity index (χ0v) is 16.6. The van der Waals surface area contributed by atoms with Crippen LogP contribution < -0.4 is 0 Å². The number of H-pyrrole nitrogens is 1. The number of nitrogens with zero attached hydrogens (tertiary/aromatic N) is 2. The number of benzene rings is 1. The maximum absolute atomic E-state index is 10.4. The third-order valence-corrected chi connectivity index (χ3v) is 6.25. The molecule has 0 amide bonds. The molecule has 130 valence electrons. The molecule has 1 aromatic carbocycles. The lowest BCUT2D eigenvalue weighted by molar-refractivity contribution is 0.0341. The average Bonchev–Trinajstić information content (AvgIpc) is 2.92. The minimum atomic E-state index is 0.133. The second kappa shape index (κ2) is 7.07. The van der Waals surface area contributed by atoms with Crippen molar-refractivity contribution in [1.29, 1.82) is 0 Å². The number of pyridine rings is 1. The molecule has 0 aliphatic carbocycles. The van der Waals surface area contributed by atoms with Gasteiger partial charge in [-0.1, -0.05) is 6.07 Å². The molecule has 0 unspecified atom stereocenters. The van der Waals surface area contributed by atoms with Crippen molar-refractivity contribution < 1.29 is 9.84 Å². The van der Waals surface area contributed by atoms with Crippen LogP contribution in [0.1, 0.15) is 5.56 Å². The second-order valence-corrected chi connectivity index (χ2v) is 7.81. The van der Waals surface area contributed by atoms with Crippen molar-refractivity contribution in [3.63, 3.8) is 0 Å². The fourth-order valence-corrected chi connectivity index (χ4v) is 3.80. The van der Waals surface area contributed by atoms with E-state index in [9.17, 15) is 5.11 Å². The number of hydrogen-bond donors (Lipinski definition) is 2. The molecule has 0 atom stereocenters. The lowest BCUT2D eigenvalue weighted by Crippen LogP contribution is -2.35. The predicted molar refractivity (Wildman–Crippen MR) is 105 cm³/mol. The molecule has 0 bridgehead atoms. The van der Waals surface area contributed by atoms with Gasteiger partial charge in [0.2, 0.25) is 0 Å². The molecule has 3 heterocycles. The number of rotatable bonds is 3. The molecule has 1 fully saturated rings. The molecule has 3 aromatic rings. The first-order valence-corrected chi connectivity index (χ1v) is 9.65. The SMILES string of the molecule is Oc1[nH]c2cc(Br)c(Br)cc2c1-c1ccc(CN2CCOCC2)cn1. The molecule has 4 rings (SSSR count). The summed E-state index contributed by atoms with van der Waals surface area (Å²) in [4.78, 5) is 9.96. The molecule has 0 radical (unpaired) electrons. The molecular formula is C18H17Br2N3O2. The van der Waals surface area contributed by atoms with Crippen LogP contribution in [-0.4, -0.2) is 46.3 Å². The molecule has 2 aromatic heterocycles. The van der Waals surface area contributed by atoms with Crippen LogP contribution in [0.15, 0.2) is 39.4 Å². The van der Waals surface area contributed by atoms with Gasteiger partial charge >= 0.3 is 0 Å². The molecule has 0 saturated carbocycles. The van der Waals surface area contributed by atoms with Gasteiger partial charge in [-0.25, -0.2) is 0 Å². The van der Waals surface area contributed by atoms with Gasteiger partial charge in [-0.05, 0) is 55.6 Å². The Kier molecular flexibility index (Phi) is 4.82. The van der Waals surface area contributed by atoms with Gasteiger partial charge in [0.25, 0.3) is 0 Å². The summed E-state index contributed by atoms with van der Waals surface area (Å²) in [5, 5.41) is 11.3. The summed E-state index contributed by atoms with van der Waals surface area (Å²) in [5.41, 5.74) is 3.50. The van der Waals surface area contributed by atoms with Crippen LogP contribution in [-0.2, 0) is 11.3 Å². The van der Waals surface area contributed by atoms with Crippen LogP contribution in [0.25, 0.3) is 22.2 Å². The molecule has 0 spiro atoms. The van der Waals surface area contributed by atoms with E-state index in [4.69, 9.17) is 4.74 Å². The third kappa shape index (κ3) is 3.46. The topological polar surface area (TPSA) is 61.4 Å². The zero-order valence-electron chi connectivity index (χ0n) is 13.4. The molecule has 25 heavy (non-hydrogen) atoms. The van der Waals surface area contributed by atoms with Gasteiger partial charge in [0.1, 0.15) is 0 Å². The zero-order chi connectivity index (χ0) is 17.4. The second-order valence-electron chi connectivity index (χ2n) is 6.10. The number of ether oxygens (including phenoxy) is 1. The first-order chi connectivity index (χ1) is 12.1. The number of aromatic amines is 1. The van der Waals surface area contributed by atoms with Crippen LogP contribution in [0.3, 0.4) is 0 Å². The Morgan fingerprint density at radius 2 is 1.92 bits per heavy atom. The summed E-state index contributed by atoms with van der Waals surface area (Å²) in [6, 6.07) is 7.96. The maximum atomic E-state index is 10.4. The standard InChI is InChI=1S/C18H17Br2N3O2/c19-13-7-12-16(8-14(13)20)22-18(24)17(12)15-2-1-11(9-21-15)10-23-3-5-25-6-4-23/h1-2,7-9,22,24H,3-6,10H2. The summed E-state index contributed by atoms with van der Waals surface area (Å²) < 4.78 is 7.25. The minimum absolute atomic E-state index is 0.133. The number of hydrogen-bond acceptors (Lipinski definition) is 4. The lowest BCUT2D eigenvalue weighted by Gasteiger charge is -2.26. The van der Waals surface area contributed by atoms with Gasteiger partial charge in [0.05, 0.1) is 30.0 Å². The maximum Gasteiger partial charge on any atom is 0.199 e. The highest BCUT2D eigenvalue weighted by Gasteiger charge is 2.16. The highest BCUT2D eigenvalue weighted by molar-refractivity contribution is 9.13. The van der Waals surface area contributed by atoms with E-state index in [1.807, 2.05) is 24.4 Å². The van der Waals surface area contributed by atoms with E-state index in [0.717, 1.165) is 69.5 Å². The van der Waals surface area contributed by atoms with Gasteiger partial charge in [0, 0.05) is 40.2 Å². The van der Waals surface area contributed by atoms with Crippen molar-refractivity contribution in [2.24, 2.45) is 0 Å². The van der Waals surface area contributed by atoms with E-state index in [2.05, 4.69) is 52.8 Å². The number of aromatic hydroxyl groups is 1. The summed E-state index contributed by atoms with van der Waals surface area (Å²) in [5.74, 6) is 0.133. The fourth-order valence-electron chi connectivity index (χ4n) is 3.12. The normalized spacial score (nSPS) is 15.8. The monoisotopic (exact) mass is 465 g/mol. The number of aromatic nitrogens is 2. The van der Waals surface area contributed by atoms with Crippen molar-refractivity contribution in [2.45, 2.75) is 6.54 Å². The van der Waals surface area contributed by atoms with Gasteiger partial charge < -0.3 is 14.8 Å². The Morgan fingerprint density at radius 1 is 1.16 bits per heavy atom. The van der Waals surface area contributed by atoms with Gasteiger partial charge in [-0.15, -0.1) is 0 Å².